The third-order valence-corrected chi connectivity index (χ3v) is 1.95. The zero-order valence-electron chi connectivity index (χ0n) is 7.88. The van der Waals surface area contributed by atoms with E-state index in [0.29, 0.717) is 6.29 Å². The Bertz CT molecular complexity index is 333. The molecule has 1 rings (SSSR count). The van der Waals surface area contributed by atoms with E-state index in [1.165, 1.54) is 0 Å². The van der Waals surface area contributed by atoms with Gasteiger partial charge in [0.05, 0.1) is 6.20 Å². The average Bonchev–Trinajstić information content (AvgIpc) is 2.61. The first-order valence-corrected chi connectivity index (χ1v) is 4.36. The van der Waals surface area contributed by atoms with Crippen molar-refractivity contribution >= 4 is 12.3 Å². The smallest absolute Gasteiger partial charge is 0.314 e. The summed E-state index contributed by atoms with van der Waals surface area (Å²) in [5, 5.41) is 12.6. The Labute approximate surface area is 81.3 Å². The summed E-state index contributed by atoms with van der Waals surface area (Å²) in [5.41, 5.74) is 0.770. The molecule has 0 spiro atoms. The molecule has 0 radical (unpaired) electrons. The van der Waals surface area contributed by atoms with E-state index in [0.717, 1.165) is 12.1 Å². The van der Waals surface area contributed by atoms with Crippen LogP contribution in [0.15, 0.2) is 12.4 Å². The molecule has 0 saturated heterocycles. The quantitative estimate of drug-likeness (QED) is 0.544. The fraction of sp³-hybridized carbons (Fsp3) is 0.444. The molecular weight excluding hydrogens is 184 g/mol. The molecule has 0 fully saturated rings. The van der Waals surface area contributed by atoms with E-state index in [1.807, 2.05) is 6.92 Å². The molecule has 1 N–H and O–H groups in total. The Kier molecular flexibility index (Phi) is 3.39. The standard InChI is InChI=1S/C9H12N2O3/c1-2-11-5-7(4-10-11)3-8(6-12)9(13)14/h4-6,8H,2-3H2,1H3,(H,13,14). The molecule has 14 heavy (non-hydrogen) atoms. The SMILES string of the molecule is CCn1cc(CC(C=O)C(=O)O)cn1. The second-order valence-corrected chi connectivity index (χ2v) is 2.99. The molecule has 5 heteroatoms. The maximum Gasteiger partial charge on any atom is 0.314 e. The first-order chi connectivity index (χ1) is 6.67. The van der Waals surface area contributed by atoms with Gasteiger partial charge in [-0.25, -0.2) is 0 Å². The lowest BCUT2D eigenvalue weighted by Crippen LogP contribution is -2.17. The summed E-state index contributed by atoms with van der Waals surface area (Å²) in [4.78, 5) is 21.0. The van der Waals surface area contributed by atoms with Crippen LogP contribution in [-0.2, 0) is 22.6 Å². The van der Waals surface area contributed by atoms with Crippen LogP contribution in [0.3, 0.4) is 0 Å². The summed E-state index contributed by atoms with van der Waals surface area (Å²) in [5.74, 6) is -2.06. The summed E-state index contributed by atoms with van der Waals surface area (Å²) < 4.78 is 1.69. The van der Waals surface area contributed by atoms with Crippen LogP contribution in [0.1, 0.15) is 12.5 Å². The molecular formula is C9H12N2O3. The van der Waals surface area contributed by atoms with E-state index in [-0.39, 0.29) is 6.42 Å². The normalized spacial score (nSPS) is 12.4. The van der Waals surface area contributed by atoms with Crippen LogP contribution in [0, 0.1) is 5.92 Å². The molecule has 1 aromatic rings. The van der Waals surface area contributed by atoms with Crippen molar-refractivity contribution in [1.82, 2.24) is 9.78 Å². The van der Waals surface area contributed by atoms with E-state index in [1.54, 1.807) is 17.1 Å². The fourth-order valence-electron chi connectivity index (χ4n) is 1.13. The number of carbonyl (C=O) groups excluding carboxylic acids is 1. The lowest BCUT2D eigenvalue weighted by Gasteiger charge is -2.00. The van der Waals surface area contributed by atoms with Gasteiger partial charge in [0.1, 0.15) is 12.2 Å². The fourth-order valence-corrected chi connectivity index (χ4v) is 1.13. The number of aryl methyl sites for hydroxylation is 1. The number of rotatable bonds is 5. The Morgan fingerprint density at radius 1 is 1.79 bits per heavy atom. The highest BCUT2D eigenvalue weighted by molar-refractivity contribution is 5.86. The van der Waals surface area contributed by atoms with Crippen LogP contribution in [0.25, 0.3) is 0 Å². The first kappa shape index (κ1) is 10.4. The van der Waals surface area contributed by atoms with Crippen molar-refractivity contribution in [2.24, 2.45) is 5.92 Å². The second-order valence-electron chi connectivity index (χ2n) is 2.99. The molecule has 0 aliphatic rings. The van der Waals surface area contributed by atoms with Gasteiger partial charge in [0.15, 0.2) is 0 Å². The van der Waals surface area contributed by atoms with Crippen molar-refractivity contribution in [2.75, 3.05) is 0 Å². The maximum atomic E-state index is 10.6. The summed E-state index contributed by atoms with van der Waals surface area (Å²) >= 11 is 0. The van der Waals surface area contributed by atoms with Gasteiger partial charge < -0.3 is 9.90 Å². The second kappa shape index (κ2) is 4.55. The van der Waals surface area contributed by atoms with Gasteiger partial charge in [-0.2, -0.15) is 5.10 Å². The molecule has 0 bridgehead atoms. The number of hydrogen-bond donors (Lipinski definition) is 1. The van der Waals surface area contributed by atoms with Crippen molar-refractivity contribution in [1.29, 1.82) is 0 Å². The number of carboxylic acids is 1. The Morgan fingerprint density at radius 2 is 2.50 bits per heavy atom. The minimum atomic E-state index is -1.09. The Balaban J connectivity index is 2.67. The molecule has 1 unspecified atom stereocenters. The van der Waals surface area contributed by atoms with Gasteiger partial charge in [-0.1, -0.05) is 0 Å². The van der Waals surface area contributed by atoms with Crippen LogP contribution in [0.5, 0.6) is 0 Å². The van der Waals surface area contributed by atoms with Crippen molar-refractivity contribution < 1.29 is 14.7 Å². The van der Waals surface area contributed by atoms with E-state index < -0.39 is 11.9 Å². The first-order valence-electron chi connectivity index (χ1n) is 4.36. The Morgan fingerprint density at radius 3 is 2.93 bits per heavy atom. The van der Waals surface area contributed by atoms with E-state index in [4.69, 9.17) is 5.11 Å². The van der Waals surface area contributed by atoms with Crippen molar-refractivity contribution in [3.05, 3.63) is 18.0 Å². The highest BCUT2D eigenvalue weighted by Gasteiger charge is 2.17. The van der Waals surface area contributed by atoms with Gasteiger partial charge in [-0.05, 0) is 18.9 Å². The van der Waals surface area contributed by atoms with E-state index in [2.05, 4.69) is 5.10 Å². The number of aromatic nitrogens is 2. The monoisotopic (exact) mass is 196 g/mol. The van der Waals surface area contributed by atoms with Gasteiger partial charge in [-0.15, -0.1) is 0 Å². The van der Waals surface area contributed by atoms with Gasteiger partial charge >= 0.3 is 5.97 Å². The molecule has 1 atom stereocenters. The third kappa shape index (κ3) is 2.42. The lowest BCUT2D eigenvalue weighted by molar-refractivity contribution is -0.143. The minimum absolute atomic E-state index is 0.207. The molecule has 1 heterocycles. The molecule has 0 saturated carbocycles. The minimum Gasteiger partial charge on any atom is -0.481 e. The van der Waals surface area contributed by atoms with E-state index in [9.17, 15) is 9.59 Å². The summed E-state index contributed by atoms with van der Waals surface area (Å²) in [6.07, 6.45) is 3.99. The van der Waals surface area contributed by atoms with Crippen molar-refractivity contribution in [3.8, 4) is 0 Å². The van der Waals surface area contributed by atoms with Gasteiger partial charge in [0.2, 0.25) is 0 Å². The molecule has 0 aromatic carbocycles. The average molecular weight is 196 g/mol. The Hall–Kier alpha value is -1.65. The van der Waals surface area contributed by atoms with Crippen LogP contribution in [0.4, 0.5) is 0 Å². The van der Waals surface area contributed by atoms with Crippen molar-refractivity contribution in [2.45, 2.75) is 19.9 Å². The van der Waals surface area contributed by atoms with Crippen molar-refractivity contribution in [3.63, 3.8) is 0 Å². The molecule has 1 aromatic heterocycles. The third-order valence-electron chi connectivity index (χ3n) is 1.95. The van der Waals surface area contributed by atoms with Crippen LogP contribution in [0.2, 0.25) is 0 Å². The number of aliphatic carboxylic acids is 1. The number of carbonyl (C=O) groups is 2. The maximum absolute atomic E-state index is 10.6. The predicted molar refractivity (Wildman–Crippen MR) is 48.8 cm³/mol. The summed E-state index contributed by atoms with van der Waals surface area (Å²) in [6.45, 7) is 2.67. The predicted octanol–water partition coefficient (Wildman–Crippen LogP) is 0.345. The highest BCUT2D eigenvalue weighted by atomic mass is 16.4. The van der Waals surface area contributed by atoms with Crippen LogP contribution in [-0.4, -0.2) is 27.1 Å². The van der Waals surface area contributed by atoms with Gasteiger partial charge in [0.25, 0.3) is 0 Å². The zero-order valence-corrected chi connectivity index (χ0v) is 7.88. The number of nitrogens with zero attached hydrogens (tertiary/aromatic N) is 2. The van der Waals surface area contributed by atoms with Gasteiger partial charge in [0, 0.05) is 12.7 Å². The number of aldehydes is 1. The van der Waals surface area contributed by atoms with Gasteiger partial charge in [-0.3, -0.25) is 9.48 Å². The van der Waals surface area contributed by atoms with Crippen LogP contribution >= 0.6 is 0 Å². The lowest BCUT2D eigenvalue weighted by atomic mass is 10.0. The molecule has 0 amide bonds. The topological polar surface area (TPSA) is 72.2 Å². The van der Waals surface area contributed by atoms with Crippen LogP contribution < -0.4 is 0 Å². The summed E-state index contributed by atoms with van der Waals surface area (Å²) in [7, 11) is 0. The molecule has 5 nitrogen and oxygen atoms in total. The highest BCUT2D eigenvalue weighted by Crippen LogP contribution is 2.06. The summed E-state index contributed by atoms with van der Waals surface area (Å²) in [6, 6.07) is 0. The van der Waals surface area contributed by atoms with E-state index >= 15 is 0 Å². The molecule has 0 aliphatic carbocycles. The number of carboxylic acid groups (broad SMARTS) is 1. The zero-order chi connectivity index (χ0) is 10.6. The number of hydrogen-bond acceptors (Lipinski definition) is 3. The molecule has 76 valence electrons. The molecule has 0 aliphatic heterocycles. The largest absolute Gasteiger partial charge is 0.481 e.